The molecule has 0 aromatic carbocycles. The van der Waals surface area contributed by atoms with E-state index >= 15 is 0 Å². The van der Waals surface area contributed by atoms with E-state index < -0.39 is 0 Å². The Morgan fingerprint density at radius 2 is 2.04 bits per heavy atom. The highest BCUT2D eigenvalue weighted by Crippen LogP contribution is 2.21. The highest BCUT2D eigenvalue weighted by Gasteiger charge is 2.15. The van der Waals surface area contributed by atoms with Crippen molar-refractivity contribution in [3.63, 3.8) is 0 Å². The molecule has 3 rings (SSSR count). The fourth-order valence-electron chi connectivity index (χ4n) is 3.27. The van der Waals surface area contributed by atoms with Crippen molar-refractivity contribution in [3.05, 3.63) is 56.8 Å². The number of rotatable bonds is 5. The average Bonchev–Trinajstić information content (AvgIpc) is 2.86. The first-order valence-electron chi connectivity index (χ1n) is 8.61. The smallest absolute Gasteiger partial charge is 0.253 e. The lowest BCUT2D eigenvalue weighted by Gasteiger charge is -2.08. The molecule has 3 heterocycles. The minimum absolute atomic E-state index is 0.102. The van der Waals surface area contributed by atoms with Gasteiger partial charge in [-0.15, -0.1) is 0 Å². The fraction of sp³-hybridized carbons (Fsp3) is 0.368. The van der Waals surface area contributed by atoms with E-state index in [1.807, 2.05) is 39.0 Å². The Kier molecular flexibility index (Phi) is 4.88. The van der Waals surface area contributed by atoms with E-state index in [4.69, 9.17) is 0 Å². The highest BCUT2D eigenvalue weighted by molar-refractivity contribution is 5.83. The van der Waals surface area contributed by atoms with Gasteiger partial charge in [-0.1, -0.05) is 6.07 Å². The molecule has 0 aliphatic rings. The maximum Gasteiger partial charge on any atom is 0.253 e. The zero-order valence-electron chi connectivity index (χ0n) is 15.5. The van der Waals surface area contributed by atoms with Crippen molar-refractivity contribution in [2.24, 2.45) is 7.05 Å². The van der Waals surface area contributed by atoms with Gasteiger partial charge >= 0.3 is 0 Å². The molecule has 1 amide bonds. The molecule has 3 aromatic rings. The van der Waals surface area contributed by atoms with Crippen LogP contribution in [0.3, 0.4) is 0 Å². The maximum absolute atomic E-state index is 12.4. The second kappa shape index (κ2) is 7.11. The van der Waals surface area contributed by atoms with Gasteiger partial charge in [-0.3, -0.25) is 19.3 Å². The molecule has 7 heteroatoms. The zero-order chi connectivity index (χ0) is 18.8. The molecule has 0 aliphatic carbocycles. The van der Waals surface area contributed by atoms with Crippen molar-refractivity contribution < 1.29 is 4.79 Å². The van der Waals surface area contributed by atoms with Gasteiger partial charge in [0, 0.05) is 30.1 Å². The fourth-order valence-corrected chi connectivity index (χ4v) is 3.27. The first-order chi connectivity index (χ1) is 12.4. The standard InChI is InChI=1S/C19H23N5O2/c1-11-6-5-7-14(21-11)10-20-16(25)9-8-15-12(2)17-13(3)23-24(4)18(17)22-19(15)26/h5-7H,8-10H2,1-4H3,(H,20,25)(H,22,26). The molecule has 136 valence electrons. The molecule has 0 spiro atoms. The minimum atomic E-state index is -0.161. The van der Waals surface area contributed by atoms with E-state index in [2.05, 4.69) is 20.4 Å². The van der Waals surface area contributed by atoms with Crippen LogP contribution in [0, 0.1) is 20.8 Å². The van der Waals surface area contributed by atoms with Crippen molar-refractivity contribution in [3.8, 4) is 0 Å². The van der Waals surface area contributed by atoms with Crippen LogP contribution < -0.4 is 10.9 Å². The normalized spacial score (nSPS) is 11.1. The number of aromatic amines is 1. The van der Waals surface area contributed by atoms with Crippen LogP contribution in [0.25, 0.3) is 11.0 Å². The lowest BCUT2D eigenvalue weighted by molar-refractivity contribution is -0.121. The van der Waals surface area contributed by atoms with Crippen molar-refractivity contribution in [2.45, 2.75) is 40.2 Å². The summed E-state index contributed by atoms with van der Waals surface area (Å²) in [6, 6.07) is 5.70. The first kappa shape index (κ1) is 17.8. The molecular formula is C19H23N5O2. The summed E-state index contributed by atoms with van der Waals surface area (Å²) in [6.45, 7) is 6.13. The van der Waals surface area contributed by atoms with E-state index in [0.29, 0.717) is 24.2 Å². The summed E-state index contributed by atoms with van der Waals surface area (Å²) < 4.78 is 1.67. The van der Waals surface area contributed by atoms with Crippen LogP contribution in [-0.2, 0) is 24.8 Å². The number of carbonyl (C=O) groups is 1. The first-order valence-corrected chi connectivity index (χ1v) is 8.61. The van der Waals surface area contributed by atoms with E-state index in [-0.39, 0.29) is 17.9 Å². The second-order valence-corrected chi connectivity index (χ2v) is 6.54. The Balaban J connectivity index is 1.70. The van der Waals surface area contributed by atoms with Gasteiger partial charge in [0.25, 0.3) is 5.56 Å². The monoisotopic (exact) mass is 353 g/mol. The van der Waals surface area contributed by atoms with Gasteiger partial charge in [-0.2, -0.15) is 5.10 Å². The Labute approximate surface area is 151 Å². The van der Waals surface area contributed by atoms with Crippen molar-refractivity contribution in [1.29, 1.82) is 0 Å². The molecule has 0 fully saturated rings. The molecule has 0 saturated carbocycles. The van der Waals surface area contributed by atoms with Crippen LogP contribution in [0.4, 0.5) is 0 Å². The van der Waals surface area contributed by atoms with E-state index in [9.17, 15) is 9.59 Å². The number of nitrogens with one attached hydrogen (secondary N) is 2. The lowest BCUT2D eigenvalue weighted by Crippen LogP contribution is -2.25. The van der Waals surface area contributed by atoms with Crippen LogP contribution in [-0.4, -0.2) is 25.7 Å². The highest BCUT2D eigenvalue weighted by atomic mass is 16.1. The Morgan fingerprint density at radius 1 is 1.27 bits per heavy atom. The number of aromatic nitrogens is 4. The molecule has 26 heavy (non-hydrogen) atoms. The predicted octanol–water partition coefficient (Wildman–Crippen LogP) is 1.83. The summed E-state index contributed by atoms with van der Waals surface area (Å²) in [7, 11) is 1.80. The maximum atomic E-state index is 12.4. The molecule has 3 aromatic heterocycles. The summed E-state index contributed by atoms with van der Waals surface area (Å²) in [5.74, 6) is -0.102. The number of hydrogen-bond acceptors (Lipinski definition) is 4. The Morgan fingerprint density at radius 3 is 2.77 bits per heavy atom. The lowest BCUT2D eigenvalue weighted by atomic mass is 10.0. The van der Waals surface area contributed by atoms with Crippen LogP contribution in [0.1, 0.15) is 34.6 Å². The van der Waals surface area contributed by atoms with Crippen LogP contribution in [0.15, 0.2) is 23.0 Å². The number of hydrogen-bond donors (Lipinski definition) is 2. The van der Waals surface area contributed by atoms with Gasteiger partial charge < -0.3 is 10.3 Å². The van der Waals surface area contributed by atoms with E-state index in [0.717, 1.165) is 28.0 Å². The van der Waals surface area contributed by atoms with Gasteiger partial charge in [0.1, 0.15) is 5.65 Å². The van der Waals surface area contributed by atoms with E-state index in [1.54, 1.807) is 11.7 Å². The SMILES string of the molecule is Cc1cccc(CNC(=O)CCc2c(C)c3c(C)nn(C)c3[nH]c2=O)n1. The molecule has 7 nitrogen and oxygen atoms in total. The van der Waals surface area contributed by atoms with E-state index in [1.165, 1.54) is 0 Å². The number of carbonyl (C=O) groups excluding carboxylic acids is 1. The molecule has 0 saturated heterocycles. The molecule has 0 atom stereocenters. The van der Waals surface area contributed by atoms with Gasteiger partial charge in [0.15, 0.2) is 0 Å². The van der Waals surface area contributed by atoms with Gasteiger partial charge in [-0.25, -0.2) is 0 Å². The Bertz CT molecular complexity index is 1030. The number of nitrogens with zero attached hydrogens (tertiary/aromatic N) is 3. The second-order valence-electron chi connectivity index (χ2n) is 6.54. The van der Waals surface area contributed by atoms with Crippen LogP contribution in [0.5, 0.6) is 0 Å². The topological polar surface area (TPSA) is 92.7 Å². The average molecular weight is 353 g/mol. The number of aryl methyl sites for hydroxylation is 4. The Hall–Kier alpha value is -2.96. The third-order valence-electron chi connectivity index (χ3n) is 4.57. The minimum Gasteiger partial charge on any atom is -0.350 e. The summed E-state index contributed by atoms with van der Waals surface area (Å²) in [6.07, 6.45) is 0.638. The summed E-state index contributed by atoms with van der Waals surface area (Å²) in [5.41, 5.74) is 4.68. The molecule has 0 bridgehead atoms. The molecule has 0 aliphatic heterocycles. The zero-order valence-corrected chi connectivity index (χ0v) is 15.5. The van der Waals surface area contributed by atoms with Crippen LogP contribution >= 0.6 is 0 Å². The number of fused-ring (bicyclic) bond motifs is 1. The molecule has 0 unspecified atom stereocenters. The summed E-state index contributed by atoms with van der Waals surface area (Å²) >= 11 is 0. The summed E-state index contributed by atoms with van der Waals surface area (Å²) in [5, 5.41) is 8.17. The number of H-pyrrole nitrogens is 1. The molecule has 2 N–H and O–H groups in total. The quantitative estimate of drug-likeness (QED) is 0.732. The van der Waals surface area contributed by atoms with Crippen molar-refractivity contribution >= 4 is 16.9 Å². The summed E-state index contributed by atoms with van der Waals surface area (Å²) in [4.78, 5) is 31.8. The third kappa shape index (κ3) is 3.51. The third-order valence-corrected chi connectivity index (χ3v) is 4.57. The number of pyridine rings is 2. The van der Waals surface area contributed by atoms with Gasteiger partial charge in [0.2, 0.25) is 5.91 Å². The largest absolute Gasteiger partial charge is 0.350 e. The molecule has 0 radical (unpaired) electrons. The van der Waals surface area contributed by atoms with Gasteiger partial charge in [-0.05, 0) is 44.9 Å². The van der Waals surface area contributed by atoms with Crippen molar-refractivity contribution in [2.75, 3.05) is 0 Å². The number of amides is 1. The van der Waals surface area contributed by atoms with Gasteiger partial charge in [0.05, 0.1) is 17.9 Å². The predicted molar refractivity (Wildman–Crippen MR) is 100.0 cm³/mol. The van der Waals surface area contributed by atoms with Crippen LogP contribution in [0.2, 0.25) is 0 Å². The van der Waals surface area contributed by atoms with Crippen molar-refractivity contribution in [1.82, 2.24) is 25.1 Å². The molecular weight excluding hydrogens is 330 g/mol.